The number of anilines is 2. The quantitative estimate of drug-likeness (QED) is 0.827. The third kappa shape index (κ3) is 5.09. The maximum Gasteiger partial charge on any atom is 0.433 e. The van der Waals surface area contributed by atoms with E-state index in [1.807, 2.05) is 14.1 Å². The fourth-order valence-electron chi connectivity index (χ4n) is 3.06. The summed E-state index contributed by atoms with van der Waals surface area (Å²) in [6.45, 7) is 2.39. The highest BCUT2D eigenvalue weighted by atomic mass is 19.4. The minimum absolute atomic E-state index is 0.0741. The fourth-order valence-corrected chi connectivity index (χ4v) is 3.06. The van der Waals surface area contributed by atoms with Crippen LogP contribution in [0.1, 0.15) is 34.8 Å². The maximum absolute atomic E-state index is 13.0. The number of nitrogens with zero attached hydrogens (tertiary/aromatic N) is 6. The molecule has 0 spiro atoms. The zero-order chi connectivity index (χ0) is 21.2. The van der Waals surface area contributed by atoms with E-state index in [9.17, 15) is 18.0 Å². The van der Waals surface area contributed by atoms with Crippen molar-refractivity contribution in [1.82, 2.24) is 25.5 Å². The second-order valence-corrected chi connectivity index (χ2v) is 7.06. The summed E-state index contributed by atoms with van der Waals surface area (Å²) in [6.07, 6.45) is -3.35. The Hall–Kier alpha value is -2.98. The van der Waals surface area contributed by atoms with Crippen molar-refractivity contribution in [2.75, 3.05) is 37.0 Å². The summed E-state index contributed by atoms with van der Waals surface area (Å²) >= 11 is 0. The molecule has 0 atom stereocenters. The summed E-state index contributed by atoms with van der Waals surface area (Å²) in [6, 6.07) is 4.18. The van der Waals surface area contributed by atoms with E-state index in [0.717, 1.165) is 6.07 Å². The van der Waals surface area contributed by atoms with Crippen molar-refractivity contribution in [3.05, 3.63) is 35.4 Å². The van der Waals surface area contributed by atoms with Gasteiger partial charge in [0.15, 0.2) is 11.5 Å². The zero-order valence-electron chi connectivity index (χ0n) is 16.4. The predicted molar refractivity (Wildman–Crippen MR) is 101 cm³/mol. The average molecular weight is 409 g/mol. The lowest BCUT2D eigenvalue weighted by Crippen LogP contribution is -2.45. The number of hydrogen-bond donors (Lipinski definition) is 1. The van der Waals surface area contributed by atoms with Gasteiger partial charge < -0.3 is 15.1 Å². The van der Waals surface area contributed by atoms with Gasteiger partial charge in [-0.15, -0.1) is 10.2 Å². The number of carbonyl (C=O) groups is 1. The average Bonchev–Trinajstić information content (AvgIpc) is 2.67. The minimum atomic E-state index is -4.52. The fraction of sp³-hybridized carbons (Fsp3) is 0.500. The molecule has 0 aromatic carbocycles. The normalized spacial score (nSPS) is 15.3. The largest absolute Gasteiger partial charge is 0.433 e. The molecule has 1 saturated heterocycles. The van der Waals surface area contributed by atoms with Gasteiger partial charge in [0.2, 0.25) is 0 Å². The Morgan fingerprint density at radius 3 is 2.41 bits per heavy atom. The molecule has 1 amide bonds. The molecule has 11 heteroatoms. The first-order valence-corrected chi connectivity index (χ1v) is 9.13. The smallest absolute Gasteiger partial charge is 0.361 e. The van der Waals surface area contributed by atoms with Gasteiger partial charge in [0.1, 0.15) is 17.3 Å². The Morgan fingerprint density at radius 1 is 1.17 bits per heavy atom. The van der Waals surface area contributed by atoms with Crippen molar-refractivity contribution in [3.63, 3.8) is 0 Å². The van der Waals surface area contributed by atoms with Gasteiger partial charge in [0, 0.05) is 39.3 Å². The molecule has 1 fully saturated rings. The van der Waals surface area contributed by atoms with Crippen molar-refractivity contribution in [1.29, 1.82) is 0 Å². The molecule has 3 rings (SSSR count). The van der Waals surface area contributed by atoms with Crippen LogP contribution in [-0.2, 0) is 6.18 Å². The highest BCUT2D eigenvalue weighted by Crippen LogP contribution is 2.30. The van der Waals surface area contributed by atoms with Crippen LogP contribution in [-0.4, -0.2) is 59.3 Å². The second kappa shape index (κ2) is 8.18. The van der Waals surface area contributed by atoms with Crippen molar-refractivity contribution in [3.8, 4) is 0 Å². The number of piperidine rings is 1. The maximum atomic E-state index is 13.0. The molecule has 1 aliphatic heterocycles. The topological polar surface area (TPSA) is 87.1 Å². The van der Waals surface area contributed by atoms with Crippen LogP contribution >= 0.6 is 0 Å². The van der Waals surface area contributed by atoms with Gasteiger partial charge in [-0.2, -0.15) is 13.2 Å². The molecule has 1 aliphatic rings. The lowest BCUT2D eigenvalue weighted by Gasteiger charge is -2.33. The monoisotopic (exact) mass is 409 g/mol. The Labute approximate surface area is 166 Å². The van der Waals surface area contributed by atoms with Gasteiger partial charge in [-0.3, -0.25) is 4.79 Å². The molecule has 0 aliphatic carbocycles. The van der Waals surface area contributed by atoms with Gasteiger partial charge >= 0.3 is 6.18 Å². The Morgan fingerprint density at radius 2 is 1.86 bits per heavy atom. The van der Waals surface area contributed by atoms with E-state index in [1.54, 1.807) is 21.9 Å². The van der Waals surface area contributed by atoms with E-state index in [2.05, 4.69) is 25.5 Å². The van der Waals surface area contributed by atoms with Crippen LogP contribution in [0.15, 0.2) is 18.2 Å². The van der Waals surface area contributed by atoms with Crippen LogP contribution in [0.25, 0.3) is 0 Å². The second-order valence-electron chi connectivity index (χ2n) is 7.06. The Kier molecular flexibility index (Phi) is 5.85. The molecule has 0 radical (unpaired) electrons. The van der Waals surface area contributed by atoms with Crippen LogP contribution in [0.2, 0.25) is 0 Å². The van der Waals surface area contributed by atoms with Gasteiger partial charge in [-0.25, -0.2) is 9.97 Å². The molecule has 1 N–H and O–H groups in total. The number of amides is 1. The van der Waals surface area contributed by atoms with Gasteiger partial charge in [0.05, 0.1) is 0 Å². The van der Waals surface area contributed by atoms with Crippen molar-refractivity contribution >= 4 is 17.5 Å². The first kappa shape index (κ1) is 20.7. The molecule has 2 aromatic heterocycles. The van der Waals surface area contributed by atoms with Crippen LogP contribution in [0.5, 0.6) is 0 Å². The lowest BCUT2D eigenvalue weighted by atomic mass is 10.0. The molecule has 3 heterocycles. The molecule has 29 heavy (non-hydrogen) atoms. The van der Waals surface area contributed by atoms with Gasteiger partial charge in [-0.05, 0) is 31.9 Å². The number of rotatable bonds is 4. The molecule has 0 bridgehead atoms. The minimum Gasteiger partial charge on any atom is -0.361 e. The lowest BCUT2D eigenvalue weighted by molar-refractivity contribution is -0.141. The van der Waals surface area contributed by atoms with E-state index in [-0.39, 0.29) is 29.3 Å². The molecular formula is C18H22F3N7O. The summed E-state index contributed by atoms with van der Waals surface area (Å²) in [5.41, 5.74) is -0.727. The van der Waals surface area contributed by atoms with Gasteiger partial charge in [-0.1, -0.05) is 0 Å². The van der Waals surface area contributed by atoms with Gasteiger partial charge in [0.25, 0.3) is 5.91 Å². The highest BCUT2D eigenvalue weighted by molar-refractivity contribution is 5.92. The number of aryl methyl sites for hydroxylation is 1. The third-order valence-corrected chi connectivity index (χ3v) is 4.61. The standard InChI is InChI=1S/C18H22F3N7O/c1-11-22-14(18(19,20)21)10-16(23-11)28-8-6-12(7-9-28)24-17(29)13-4-5-15(26-25-13)27(2)3/h4-5,10,12H,6-9H2,1-3H3,(H,24,29). The van der Waals surface area contributed by atoms with E-state index in [1.165, 1.54) is 6.92 Å². The van der Waals surface area contributed by atoms with E-state index >= 15 is 0 Å². The van der Waals surface area contributed by atoms with E-state index < -0.39 is 11.9 Å². The van der Waals surface area contributed by atoms with Crippen molar-refractivity contribution < 1.29 is 18.0 Å². The Balaban J connectivity index is 1.59. The molecular weight excluding hydrogens is 387 g/mol. The summed E-state index contributed by atoms with van der Waals surface area (Å²) in [4.78, 5) is 23.5. The third-order valence-electron chi connectivity index (χ3n) is 4.61. The van der Waals surface area contributed by atoms with Crippen LogP contribution < -0.4 is 15.1 Å². The molecule has 2 aromatic rings. The molecule has 8 nitrogen and oxygen atoms in total. The zero-order valence-corrected chi connectivity index (χ0v) is 16.4. The van der Waals surface area contributed by atoms with Crippen LogP contribution in [0, 0.1) is 6.92 Å². The van der Waals surface area contributed by atoms with Crippen molar-refractivity contribution in [2.24, 2.45) is 0 Å². The first-order chi connectivity index (χ1) is 13.6. The molecule has 156 valence electrons. The summed E-state index contributed by atoms with van der Waals surface area (Å²) in [7, 11) is 3.66. The summed E-state index contributed by atoms with van der Waals surface area (Å²) in [5, 5.41) is 10.8. The SMILES string of the molecule is Cc1nc(N2CCC(NC(=O)c3ccc(N(C)C)nn3)CC2)cc(C(F)(F)F)n1. The summed E-state index contributed by atoms with van der Waals surface area (Å²) in [5.74, 6) is 0.650. The summed E-state index contributed by atoms with van der Waals surface area (Å²) < 4.78 is 38.9. The number of halogens is 3. The number of nitrogens with one attached hydrogen (secondary N) is 1. The number of hydrogen-bond acceptors (Lipinski definition) is 7. The van der Waals surface area contributed by atoms with E-state index in [0.29, 0.717) is 31.7 Å². The van der Waals surface area contributed by atoms with Crippen LogP contribution in [0.3, 0.4) is 0 Å². The van der Waals surface area contributed by atoms with Crippen molar-refractivity contribution in [2.45, 2.75) is 32.0 Å². The highest BCUT2D eigenvalue weighted by Gasteiger charge is 2.34. The van der Waals surface area contributed by atoms with E-state index in [4.69, 9.17) is 0 Å². The number of carbonyl (C=O) groups excluding carboxylic acids is 1. The first-order valence-electron chi connectivity index (χ1n) is 9.13. The predicted octanol–water partition coefficient (Wildman–Crippen LogP) is 2.06. The molecule has 0 unspecified atom stereocenters. The molecule has 0 saturated carbocycles. The number of alkyl halides is 3. The number of aromatic nitrogens is 4. The van der Waals surface area contributed by atoms with Crippen LogP contribution in [0.4, 0.5) is 24.8 Å². The Bertz CT molecular complexity index is 863.